The molecule has 0 atom stereocenters. The Kier molecular flexibility index (Phi) is 4.80. The molecule has 1 fully saturated rings. The van der Waals surface area contributed by atoms with E-state index in [9.17, 15) is 0 Å². The van der Waals surface area contributed by atoms with Gasteiger partial charge in [0.25, 0.3) is 0 Å². The molecule has 1 aromatic heterocycles. The summed E-state index contributed by atoms with van der Waals surface area (Å²) in [4.78, 5) is 4.83. The van der Waals surface area contributed by atoms with Crippen molar-refractivity contribution in [3.05, 3.63) is 29.6 Å². The Morgan fingerprint density at radius 3 is 2.71 bits per heavy atom. The van der Waals surface area contributed by atoms with Crippen LogP contribution in [0.5, 0.6) is 0 Å². The maximum absolute atomic E-state index is 5.99. The lowest BCUT2D eigenvalue weighted by Gasteiger charge is -2.30. The molecule has 0 bridgehead atoms. The third-order valence-corrected chi connectivity index (χ3v) is 5.91. The standard InChI is InChI=1S/C17H23ClN2S/c1-12-3-8-15-16(11-12)20(17(19-15)9-10-18)13-4-6-14(21-2)7-5-13/h3,8,11,13-14H,4-7,9-10H2,1-2H3. The van der Waals surface area contributed by atoms with Gasteiger partial charge in [0.1, 0.15) is 5.82 Å². The van der Waals surface area contributed by atoms with Gasteiger partial charge in [-0.2, -0.15) is 11.8 Å². The van der Waals surface area contributed by atoms with Gasteiger partial charge in [-0.3, -0.25) is 0 Å². The fourth-order valence-electron chi connectivity index (χ4n) is 3.46. The van der Waals surface area contributed by atoms with Gasteiger partial charge in [-0.1, -0.05) is 6.07 Å². The number of hydrogen-bond donors (Lipinski definition) is 0. The number of aryl methyl sites for hydroxylation is 2. The van der Waals surface area contributed by atoms with Gasteiger partial charge in [0, 0.05) is 23.6 Å². The number of nitrogens with zero attached hydrogens (tertiary/aromatic N) is 2. The lowest BCUT2D eigenvalue weighted by Crippen LogP contribution is -2.21. The first kappa shape index (κ1) is 15.2. The normalized spacial score (nSPS) is 22.8. The number of hydrogen-bond acceptors (Lipinski definition) is 2. The molecule has 2 nitrogen and oxygen atoms in total. The first-order chi connectivity index (χ1) is 10.2. The van der Waals surface area contributed by atoms with Crippen LogP contribution in [0.15, 0.2) is 18.2 Å². The summed E-state index contributed by atoms with van der Waals surface area (Å²) in [7, 11) is 0. The molecule has 0 radical (unpaired) electrons. The third kappa shape index (κ3) is 3.09. The molecule has 1 aromatic carbocycles. The molecular weight excluding hydrogens is 300 g/mol. The number of fused-ring (bicyclic) bond motifs is 1. The molecule has 21 heavy (non-hydrogen) atoms. The van der Waals surface area contributed by atoms with Crippen molar-refractivity contribution in [1.29, 1.82) is 0 Å². The molecule has 0 aliphatic heterocycles. The minimum Gasteiger partial charge on any atom is -0.325 e. The number of imidazole rings is 1. The van der Waals surface area contributed by atoms with E-state index in [1.165, 1.54) is 42.6 Å². The number of benzene rings is 1. The lowest BCUT2D eigenvalue weighted by atomic mass is 9.94. The van der Waals surface area contributed by atoms with Crippen LogP contribution in [0, 0.1) is 6.92 Å². The molecule has 4 heteroatoms. The van der Waals surface area contributed by atoms with Gasteiger partial charge in [0.15, 0.2) is 0 Å². The van der Waals surface area contributed by atoms with Crippen LogP contribution in [0.25, 0.3) is 11.0 Å². The number of aromatic nitrogens is 2. The number of alkyl halides is 1. The predicted octanol–water partition coefficient (Wildman–Crippen LogP) is 4.97. The molecule has 0 saturated heterocycles. The Labute approximate surface area is 136 Å². The second-order valence-electron chi connectivity index (χ2n) is 6.00. The molecule has 0 spiro atoms. The van der Waals surface area contributed by atoms with Gasteiger partial charge in [-0.15, -0.1) is 11.6 Å². The van der Waals surface area contributed by atoms with E-state index in [1.54, 1.807) is 0 Å². The van der Waals surface area contributed by atoms with E-state index in [1.807, 2.05) is 11.8 Å². The zero-order valence-electron chi connectivity index (χ0n) is 12.8. The van der Waals surface area contributed by atoms with Gasteiger partial charge < -0.3 is 4.57 Å². The number of thioether (sulfide) groups is 1. The highest BCUT2D eigenvalue weighted by molar-refractivity contribution is 7.99. The molecule has 1 aliphatic carbocycles. The summed E-state index contributed by atoms with van der Waals surface area (Å²) in [5.74, 6) is 1.81. The second-order valence-corrected chi connectivity index (χ2v) is 7.51. The largest absolute Gasteiger partial charge is 0.325 e. The molecule has 0 N–H and O–H groups in total. The lowest BCUT2D eigenvalue weighted by molar-refractivity contribution is 0.359. The van der Waals surface area contributed by atoms with Crippen LogP contribution in [0.3, 0.4) is 0 Å². The molecule has 1 aliphatic rings. The quantitative estimate of drug-likeness (QED) is 0.739. The highest BCUT2D eigenvalue weighted by Crippen LogP contribution is 2.36. The Hall–Kier alpha value is -0.670. The Morgan fingerprint density at radius 2 is 2.05 bits per heavy atom. The van der Waals surface area contributed by atoms with Crippen LogP contribution in [-0.2, 0) is 6.42 Å². The fraction of sp³-hybridized carbons (Fsp3) is 0.588. The summed E-state index contributed by atoms with van der Waals surface area (Å²) >= 11 is 8.01. The minimum atomic E-state index is 0.596. The van der Waals surface area contributed by atoms with Crippen molar-refractivity contribution in [1.82, 2.24) is 9.55 Å². The van der Waals surface area contributed by atoms with Gasteiger partial charge >= 0.3 is 0 Å². The summed E-state index contributed by atoms with van der Waals surface area (Å²) < 4.78 is 2.49. The Balaban J connectivity index is 1.98. The number of halogens is 1. The number of rotatable bonds is 4. The van der Waals surface area contributed by atoms with Crippen LogP contribution in [-0.4, -0.2) is 26.9 Å². The van der Waals surface area contributed by atoms with Crippen molar-refractivity contribution in [2.45, 2.75) is 50.3 Å². The van der Waals surface area contributed by atoms with E-state index in [2.05, 4.69) is 35.9 Å². The van der Waals surface area contributed by atoms with Gasteiger partial charge in [-0.05, 0) is 56.6 Å². The smallest absolute Gasteiger partial charge is 0.111 e. The van der Waals surface area contributed by atoms with Crippen molar-refractivity contribution in [3.8, 4) is 0 Å². The molecule has 114 valence electrons. The zero-order valence-corrected chi connectivity index (χ0v) is 14.4. The minimum absolute atomic E-state index is 0.596. The molecular formula is C17H23ClN2S. The highest BCUT2D eigenvalue weighted by Gasteiger charge is 2.25. The average Bonchev–Trinajstić information content (AvgIpc) is 2.85. The van der Waals surface area contributed by atoms with Gasteiger partial charge in [-0.25, -0.2) is 4.98 Å². The fourth-order valence-corrected chi connectivity index (χ4v) is 4.37. The zero-order chi connectivity index (χ0) is 14.8. The molecule has 0 unspecified atom stereocenters. The highest BCUT2D eigenvalue weighted by atomic mass is 35.5. The van der Waals surface area contributed by atoms with Crippen molar-refractivity contribution < 1.29 is 0 Å². The topological polar surface area (TPSA) is 17.8 Å². The molecule has 2 aromatic rings. The van der Waals surface area contributed by atoms with Crippen LogP contribution < -0.4 is 0 Å². The first-order valence-corrected chi connectivity index (χ1v) is 9.61. The monoisotopic (exact) mass is 322 g/mol. The van der Waals surface area contributed by atoms with E-state index in [-0.39, 0.29) is 0 Å². The molecule has 1 heterocycles. The predicted molar refractivity (Wildman–Crippen MR) is 93.7 cm³/mol. The van der Waals surface area contributed by atoms with Crippen molar-refractivity contribution in [2.24, 2.45) is 0 Å². The Morgan fingerprint density at radius 1 is 1.29 bits per heavy atom. The van der Waals surface area contributed by atoms with E-state index < -0.39 is 0 Å². The van der Waals surface area contributed by atoms with Gasteiger partial charge in [0.2, 0.25) is 0 Å². The average molecular weight is 323 g/mol. The maximum atomic E-state index is 5.99. The molecule has 3 rings (SSSR count). The summed E-state index contributed by atoms with van der Waals surface area (Å²) in [6.07, 6.45) is 8.26. The summed E-state index contributed by atoms with van der Waals surface area (Å²) in [5.41, 5.74) is 3.72. The summed E-state index contributed by atoms with van der Waals surface area (Å²) in [6.45, 7) is 2.16. The van der Waals surface area contributed by atoms with Crippen molar-refractivity contribution in [3.63, 3.8) is 0 Å². The second kappa shape index (κ2) is 6.62. The van der Waals surface area contributed by atoms with E-state index >= 15 is 0 Å². The molecule has 1 saturated carbocycles. The van der Waals surface area contributed by atoms with E-state index in [0.717, 1.165) is 17.2 Å². The first-order valence-electron chi connectivity index (χ1n) is 7.79. The Bertz CT molecular complexity index is 615. The van der Waals surface area contributed by atoms with Crippen molar-refractivity contribution in [2.75, 3.05) is 12.1 Å². The maximum Gasteiger partial charge on any atom is 0.111 e. The van der Waals surface area contributed by atoms with Crippen molar-refractivity contribution >= 4 is 34.4 Å². The van der Waals surface area contributed by atoms with Crippen LogP contribution in [0.4, 0.5) is 0 Å². The van der Waals surface area contributed by atoms with Crippen LogP contribution in [0.2, 0.25) is 0 Å². The third-order valence-electron chi connectivity index (χ3n) is 4.58. The van der Waals surface area contributed by atoms with E-state index in [0.29, 0.717) is 11.9 Å². The SMILES string of the molecule is CSC1CCC(n2c(CCCl)nc3ccc(C)cc32)CC1. The summed E-state index contributed by atoms with van der Waals surface area (Å²) in [5, 5.41) is 0.842. The van der Waals surface area contributed by atoms with Crippen LogP contribution >= 0.6 is 23.4 Å². The van der Waals surface area contributed by atoms with E-state index in [4.69, 9.17) is 16.6 Å². The van der Waals surface area contributed by atoms with Crippen LogP contribution in [0.1, 0.15) is 43.1 Å². The summed E-state index contributed by atoms with van der Waals surface area (Å²) in [6, 6.07) is 7.17. The molecule has 0 amide bonds. The van der Waals surface area contributed by atoms with Gasteiger partial charge in [0.05, 0.1) is 11.0 Å².